The lowest BCUT2D eigenvalue weighted by atomic mass is 9.82. The maximum absolute atomic E-state index is 3.67. The third-order valence-electron chi connectivity index (χ3n) is 12.4. The first-order chi connectivity index (χ1) is 28.5. The molecule has 0 radical (unpaired) electrons. The van der Waals surface area contributed by atoms with Crippen molar-refractivity contribution in [3.63, 3.8) is 0 Å². The average Bonchev–Trinajstić information content (AvgIpc) is 3.90. The maximum atomic E-state index is 3.67. The Kier molecular flexibility index (Phi) is 9.50. The van der Waals surface area contributed by atoms with Crippen LogP contribution >= 0.6 is 54.5 Å². The normalized spacial score (nSPS) is 13.9. The Hall–Kier alpha value is -4.95. The Labute approximate surface area is 375 Å². The van der Waals surface area contributed by atoms with Crippen LogP contribution in [0.5, 0.6) is 0 Å². The summed E-state index contributed by atoms with van der Waals surface area (Å²) in [5, 5.41) is 5.22. The van der Waals surface area contributed by atoms with E-state index in [9.17, 15) is 0 Å². The summed E-state index contributed by atoms with van der Waals surface area (Å²) in [4.78, 5) is 3.57. The minimum Gasteiger partial charge on any atom is -0.355 e. The Morgan fingerprint density at radius 2 is 0.932 bits per heavy atom. The van der Waals surface area contributed by atoms with E-state index in [2.05, 4.69) is 243 Å². The van der Waals surface area contributed by atoms with Crippen LogP contribution in [0.2, 0.25) is 0 Å². The number of aromatic amines is 1. The molecule has 288 valence electrons. The van der Waals surface area contributed by atoms with Crippen molar-refractivity contribution in [3.8, 4) is 27.9 Å². The van der Waals surface area contributed by atoms with E-state index in [1.54, 1.807) is 0 Å². The Bertz CT molecular complexity index is 3250. The van der Waals surface area contributed by atoms with Gasteiger partial charge in [0.1, 0.15) is 0 Å². The lowest BCUT2D eigenvalue weighted by Gasteiger charge is -2.21. The van der Waals surface area contributed by atoms with Gasteiger partial charge in [0, 0.05) is 61.6 Å². The van der Waals surface area contributed by atoms with Gasteiger partial charge in [0.05, 0.1) is 11.0 Å². The molecule has 2 aliphatic carbocycles. The first kappa shape index (κ1) is 38.3. The van der Waals surface area contributed by atoms with Gasteiger partial charge in [-0.1, -0.05) is 144 Å². The highest BCUT2D eigenvalue weighted by atomic mass is 127. The van der Waals surface area contributed by atoms with Crippen molar-refractivity contribution in [1.82, 2.24) is 9.55 Å². The van der Waals surface area contributed by atoms with Crippen molar-refractivity contribution in [1.29, 1.82) is 0 Å². The van der Waals surface area contributed by atoms with E-state index in [0.29, 0.717) is 0 Å². The lowest BCUT2D eigenvalue weighted by molar-refractivity contribution is 0.661. The molecular weight excluding hydrogens is 963 g/mol. The first-order valence-corrected chi connectivity index (χ1v) is 22.7. The smallest absolute Gasteiger partial charge is 0.0544 e. The second kappa shape index (κ2) is 14.6. The minimum atomic E-state index is -0.0163. The number of halogens is 3. The molecule has 1 N–H and O–H groups in total. The van der Waals surface area contributed by atoms with Crippen LogP contribution in [0.15, 0.2) is 179 Å². The highest BCUT2D eigenvalue weighted by molar-refractivity contribution is 14.1. The van der Waals surface area contributed by atoms with Gasteiger partial charge in [-0.2, -0.15) is 0 Å². The maximum Gasteiger partial charge on any atom is 0.0544 e. The molecule has 2 aromatic heterocycles. The fourth-order valence-corrected chi connectivity index (χ4v) is 10.7. The molecule has 0 spiro atoms. The molecule has 5 heteroatoms. The molecule has 0 fully saturated rings. The molecule has 0 aliphatic heterocycles. The summed E-state index contributed by atoms with van der Waals surface area (Å²) in [6, 6.07) is 61.1. The minimum absolute atomic E-state index is 0.0163. The van der Waals surface area contributed by atoms with Crippen LogP contribution in [0.4, 0.5) is 0 Å². The molecule has 12 rings (SSSR count). The summed E-state index contributed by atoms with van der Waals surface area (Å²) in [5.41, 5.74) is 17.2. The van der Waals surface area contributed by atoms with E-state index in [0.717, 1.165) is 8.95 Å². The number of nitrogens with zero attached hydrogens (tertiary/aromatic N) is 1. The van der Waals surface area contributed by atoms with Gasteiger partial charge in [-0.05, 0) is 152 Å². The van der Waals surface area contributed by atoms with E-state index in [-0.39, 0.29) is 10.8 Å². The van der Waals surface area contributed by atoms with Crippen molar-refractivity contribution >= 4 is 98.1 Å². The molecule has 0 bridgehead atoms. The van der Waals surface area contributed by atoms with Crippen LogP contribution in [-0.4, -0.2) is 9.55 Å². The fraction of sp³-hybridized carbons (Fsp3) is 0.111. The molecule has 0 saturated carbocycles. The van der Waals surface area contributed by atoms with Crippen LogP contribution in [0.25, 0.3) is 71.6 Å². The van der Waals surface area contributed by atoms with E-state index < -0.39 is 0 Å². The van der Waals surface area contributed by atoms with Gasteiger partial charge in [0.25, 0.3) is 0 Å². The van der Waals surface area contributed by atoms with Gasteiger partial charge in [0.2, 0.25) is 0 Å². The molecule has 2 nitrogen and oxygen atoms in total. The number of para-hydroxylation sites is 3. The quantitative estimate of drug-likeness (QED) is 0.158. The second-order valence-corrected chi connectivity index (χ2v) is 19.7. The average molecular weight is 1000 g/mol. The highest BCUT2D eigenvalue weighted by Gasteiger charge is 2.37. The van der Waals surface area contributed by atoms with E-state index in [1.807, 2.05) is 18.2 Å². The topological polar surface area (TPSA) is 20.7 Å². The monoisotopic (exact) mass is 1000 g/mol. The van der Waals surface area contributed by atoms with E-state index in [4.69, 9.17) is 0 Å². The van der Waals surface area contributed by atoms with Gasteiger partial charge >= 0.3 is 0 Å². The number of fused-ring (bicyclic) bond motifs is 12. The lowest BCUT2D eigenvalue weighted by Crippen LogP contribution is -2.15. The summed E-state index contributed by atoms with van der Waals surface area (Å²) >= 11 is 9.58. The van der Waals surface area contributed by atoms with E-state index >= 15 is 0 Å². The zero-order chi connectivity index (χ0) is 40.6. The molecule has 59 heavy (non-hydrogen) atoms. The summed E-state index contributed by atoms with van der Waals surface area (Å²) in [7, 11) is 0. The van der Waals surface area contributed by atoms with Crippen LogP contribution in [0, 0.1) is 3.57 Å². The largest absolute Gasteiger partial charge is 0.355 e. The molecule has 10 aromatic rings. The van der Waals surface area contributed by atoms with Gasteiger partial charge in [-0.25, -0.2) is 0 Å². The molecule has 0 unspecified atom stereocenters. The van der Waals surface area contributed by atoms with Crippen molar-refractivity contribution in [3.05, 3.63) is 205 Å². The number of hydrogen-bond donors (Lipinski definition) is 1. The highest BCUT2D eigenvalue weighted by Crippen LogP contribution is 2.53. The molecule has 2 heterocycles. The van der Waals surface area contributed by atoms with Crippen LogP contribution in [0.3, 0.4) is 0 Å². The Morgan fingerprint density at radius 3 is 1.54 bits per heavy atom. The standard InChI is InChI=1S/C27H20BrN.C21H16BrN.C6H5I/c1-27(2)23-13-12-17(28)14-20(23)21-15-22-19-10-6-7-11-25(19)29(26(22)16-24(21)27)18-8-4-3-5-9-18;1-21(2)17-8-7-12(22)9-14(17)15-10-16-13-5-3-4-6-19(13)23-20(16)11-18(15)21;7-6-4-2-1-3-5-6/h3-16H,1-2H3;3-11,23H,1-2H3;1-5H. The Balaban J connectivity index is 0.000000125. The predicted octanol–water partition coefficient (Wildman–Crippen LogP) is 16.5. The molecule has 0 saturated heterocycles. The van der Waals surface area contributed by atoms with Gasteiger partial charge < -0.3 is 9.55 Å². The number of benzene rings is 8. The van der Waals surface area contributed by atoms with E-state index in [1.165, 1.54) is 97.4 Å². The van der Waals surface area contributed by atoms with Gasteiger partial charge in [-0.15, -0.1) is 0 Å². The molecule has 2 aliphatic rings. The molecular formula is C54H41Br2IN2. The zero-order valence-corrected chi connectivity index (χ0v) is 38.6. The third kappa shape index (κ3) is 6.39. The third-order valence-corrected chi connectivity index (χ3v) is 14.1. The molecule has 0 atom stereocenters. The fourth-order valence-electron chi connectivity index (χ4n) is 9.52. The summed E-state index contributed by atoms with van der Waals surface area (Å²) in [6.45, 7) is 9.32. The van der Waals surface area contributed by atoms with Crippen molar-refractivity contribution in [2.75, 3.05) is 0 Å². The number of H-pyrrole nitrogens is 1. The predicted molar refractivity (Wildman–Crippen MR) is 266 cm³/mol. The summed E-state index contributed by atoms with van der Waals surface area (Å²) in [5.74, 6) is 0. The molecule has 8 aromatic carbocycles. The van der Waals surface area contributed by atoms with Gasteiger partial charge in [0.15, 0.2) is 0 Å². The Morgan fingerprint density at radius 1 is 0.424 bits per heavy atom. The van der Waals surface area contributed by atoms with Crippen LogP contribution < -0.4 is 0 Å². The SMILES string of the molecule is CC1(C)c2ccc(Br)cc2-c2cc3c(cc21)[nH]c1ccccc13.CC1(C)c2ccc(Br)cc2-c2cc3c4ccccc4n(-c4ccccc4)c3cc21.Ic1ccccc1. The van der Waals surface area contributed by atoms with Crippen molar-refractivity contribution in [2.24, 2.45) is 0 Å². The number of rotatable bonds is 1. The number of nitrogens with one attached hydrogen (secondary N) is 1. The summed E-state index contributed by atoms with van der Waals surface area (Å²) in [6.07, 6.45) is 0. The van der Waals surface area contributed by atoms with Crippen molar-refractivity contribution in [2.45, 2.75) is 38.5 Å². The first-order valence-electron chi connectivity index (χ1n) is 20.0. The summed E-state index contributed by atoms with van der Waals surface area (Å²) < 4.78 is 5.96. The number of hydrogen-bond acceptors (Lipinski definition) is 0. The van der Waals surface area contributed by atoms with Crippen LogP contribution in [0.1, 0.15) is 49.9 Å². The molecule has 0 amide bonds. The van der Waals surface area contributed by atoms with Crippen LogP contribution in [-0.2, 0) is 10.8 Å². The second-order valence-electron chi connectivity index (χ2n) is 16.6. The zero-order valence-electron chi connectivity index (χ0n) is 33.2. The van der Waals surface area contributed by atoms with Gasteiger partial charge in [-0.3, -0.25) is 0 Å². The number of aromatic nitrogens is 2. The van der Waals surface area contributed by atoms with Crippen molar-refractivity contribution < 1.29 is 0 Å².